The van der Waals surface area contributed by atoms with Crippen LogP contribution in [-0.4, -0.2) is 30.9 Å². The Kier molecular flexibility index (Phi) is 7.27. The number of benzene rings is 1. The highest BCUT2D eigenvalue weighted by Crippen LogP contribution is 2.16. The third kappa shape index (κ3) is 5.82. The van der Waals surface area contributed by atoms with Crippen LogP contribution in [0.2, 0.25) is 0 Å². The van der Waals surface area contributed by atoms with Crippen molar-refractivity contribution in [1.82, 2.24) is 4.90 Å². The van der Waals surface area contributed by atoms with Crippen LogP contribution in [-0.2, 0) is 4.79 Å². The van der Waals surface area contributed by atoms with E-state index in [1.165, 1.54) is 12.8 Å². The van der Waals surface area contributed by atoms with Crippen LogP contribution in [0, 0.1) is 3.57 Å². The molecule has 0 aliphatic heterocycles. The fourth-order valence-corrected chi connectivity index (χ4v) is 2.13. The largest absolute Gasteiger partial charge is 0.325 e. The Bertz CT molecular complexity index is 382. The molecular formula is C14H21IN2O. The van der Waals surface area contributed by atoms with E-state index >= 15 is 0 Å². The van der Waals surface area contributed by atoms with Crippen LogP contribution in [0.15, 0.2) is 24.3 Å². The summed E-state index contributed by atoms with van der Waals surface area (Å²) in [5.41, 5.74) is 0.902. The van der Waals surface area contributed by atoms with E-state index in [1.807, 2.05) is 24.3 Å². The second kappa shape index (κ2) is 8.48. The van der Waals surface area contributed by atoms with Crippen LogP contribution in [0.1, 0.15) is 26.2 Å². The van der Waals surface area contributed by atoms with E-state index < -0.39 is 0 Å². The predicted molar refractivity (Wildman–Crippen MR) is 84.8 cm³/mol. The van der Waals surface area contributed by atoms with Gasteiger partial charge in [0.15, 0.2) is 0 Å². The van der Waals surface area contributed by atoms with Gasteiger partial charge in [0.05, 0.1) is 5.69 Å². The van der Waals surface area contributed by atoms with Crippen LogP contribution < -0.4 is 5.32 Å². The fourth-order valence-electron chi connectivity index (χ4n) is 1.61. The number of rotatable bonds is 7. The number of nitrogens with zero attached hydrogens (tertiary/aromatic N) is 1. The summed E-state index contributed by atoms with van der Waals surface area (Å²) < 4.78 is 1.07. The molecule has 0 spiro atoms. The molecule has 0 saturated carbocycles. The molecule has 0 fully saturated rings. The number of anilines is 1. The number of amides is 1. The molecule has 1 aromatic carbocycles. The Morgan fingerprint density at radius 3 is 2.72 bits per heavy atom. The second-order valence-electron chi connectivity index (χ2n) is 4.43. The van der Waals surface area contributed by atoms with Gasteiger partial charge in [0, 0.05) is 16.5 Å². The van der Waals surface area contributed by atoms with E-state index in [1.54, 1.807) is 0 Å². The Balaban J connectivity index is 2.32. The van der Waals surface area contributed by atoms with E-state index in [-0.39, 0.29) is 5.91 Å². The lowest BCUT2D eigenvalue weighted by molar-refractivity contribution is -0.116. The van der Waals surface area contributed by atoms with Crippen LogP contribution in [0.4, 0.5) is 5.69 Å². The van der Waals surface area contributed by atoms with Crippen molar-refractivity contribution in [3.05, 3.63) is 27.8 Å². The minimum Gasteiger partial charge on any atom is -0.325 e. The van der Waals surface area contributed by atoms with Gasteiger partial charge in [0.1, 0.15) is 0 Å². The number of halogens is 1. The molecule has 0 aliphatic rings. The minimum absolute atomic E-state index is 0.0856. The lowest BCUT2D eigenvalue weighted by Gasteiger charge is -2.15. The van der Waals surface area contributed by atoms with Gasteiger partial charge in [-0.05, 0) is 54.7 Å². The van der Waals surface area contributed by atoms with Gasteiger partial charge in [-0.15, -0.1) is 0 Å². The first-order chi connectivity index (χ1) is 8.63. The summed E-state index contributed by atoms with van der Waals surface area (Å²) in [4.78, 5) is 14.0. The zero-order valence-corrected chi connectivity index (χ0v) is 13.2. The molecule has 0 aromatic heterocycles. The third-order valence-electron chi connectivity index (χ3n) is 2.76. The fraction of sp³-hybridized carbons (Fsp3) is 0.500. The third-order valence-corrected chi connectivity index (χ3v) is 3.70. The number of unbranched alkanes of at least 4 members (excludes halogenated alkanes) is 1. The maximum Gasteiger partial charge on any atom is 0.225 e. The van der Waals surface area contributed by atoms with Crippen molar-refractivity contribution < 1.29 is 4.79 Å². The molecule has 1 rings (SSSR count). The normalized spacial score (nSPS) is 10.7. The van der Waals surface area contributed by atoms with Crippen molar-refractivity contribution in [3.63, 3.8) is 0 Å². The van der Waals surface area contributed by atoms with Gasteiger partial charge in [-0.25, -0.2) is 0 Å². The van der Waals surface area contributed by atoms with Crippen molar-refractivity contribution in [2.75, 3.05) is 25.5 Å². The Labute approximate surface area is 123 Å². The van der Waals surface area contributed by atoms with E-state index in [0.717, 1.165) is 22.3 Å². The van der Waals surface area contributed by atoms with Crippen molar-refractivity contribution in [1.29, 1.82) is 0 Å². The van der Waals surface area contributed by atoms with Gasteiger partial charge in [-0.2, -0.15) is 0 Å². The van der Waals surface area contributed by atoms with E-state index in [9.17, 15) is 4.79 Å². The van der Waals surface area contributed by atoms with E-state index in [4.69, 9.17) is 0 Å². The molecule has 0 unspecified atom stereocenters. The molecule has 1 amide bonds. The Hall–Kier alpha value is -0.620. The minimum atomic E-state index is 0.0856. The summed E-state index contributed by atoms with van der Waals surface area (Å²) in [5, 5.41) is 2.95. The molecule has 18 heavy (non-hydrogen) atoms. The van der Waals surface area contributed by atoms with Crippen molar-refractivity contribution in [2.24, 2.45) is 0 Å². The van der Waals surface area contributed by atoms with Crippen molar-refractivity contribution >= 4 is 34.2 Å². The molecule has 0 radical (unpaired) electrons. The average Bonchev–Trinajstić information content (AvgIpc) is 2.36. The summed E-state index contributed by atoms with van der Waals surface area (Å²) in [7, 11) is 2.06. The van der Waals surface area contributed by atoms with Crippen LogP contribution >= 0.6 is 22.6 Å². The van der Waals surface area contributed by atoms with E-state index in [2.05, 4.69) is 46.8 Å². The number of hydrogen-bond donors (Lipinski definition) is 1. The standard InChI is InChI=1S/C14H21IN2O/c1-3-4-10-17(2)11-9-14(18)16-13-8-6-5-7-12(13)15/h5-8H,3-4,9-11H2,1-2H3,(H,16,18). The molecule has 0 aliphatic carbocycles. The lowest BCUT2D eigenvalue weighted by atomic mass is 10.3. The zero-order valence-electron chi connectivity index (χ0n) is 11.1. The lowest BCUT2D eigenvalue weighted by Crippen LogP contribution is -2.25. The van der Waals surface area contributed by atoms with Gasteiger partial charge in [-0.1, -0.05) is 25.5 Å². The molecule has 0 atom stereocenters. The van der Waals surface area contributed by atoms with Crippen LogP contribution in [0.25, 0.3) is 0 Å². The highest BCUT2D eigenvalue weighted by Gasteiger charge is 2.06. The first-order valence-corrected chi connectivity index (χ1v) is 7.44. The summed E-state index contributed by atoms with van der Waals surface area (Å²) in [5.74, 6) is 0.0856. The number of carbonyl (C=O) groups is 1. The number of para-hydroxylation sites is 1. The number of hydrogen-bond acceptors (Lipinski definition) is 2. The smallest absolute Gasteiger partial charge is 0.225 e. The maximum absolute atomic E-state index is 11.8. The first-order valence-electron chi connectivity index (χ1n) is 6.36. The SMILES string of the molecule is CCCCN(C)CCC(=O)Nc1ccccc1I. The summed E-state index contributed by atoms with van der Waals surface area (Å²) in [6.07, 6.45) is 2.93. The Morgan fingerprint density at radius 2 is 2.06 bits per heavy atom. The molecular weight excluding hydrogens is 339 g/mol. The molecule has 0 bridgehead atoms. The molecule has 0 saturated heterocycles. The number of carbonyl (C=O) groups excluding carboxylic acids is 1. The van der Waals surface area contributed by atoms with Crippen LogP contribution in [0.5, 0.6) is 0 Å². The van der Waals surface area contributed by atoms with Crippen LogP contribution in [0.3, 0.4) is 0 Å². The van der Waals surface area contributed by atoms with Gasteiger partial charge >= 0.3 is 0 Å². The van der Waals surface area contributed by atoms with E-state index in [0.29, 0.717) is 6.42 Å². The van der Waals surface area contributed by atoms with Crippen molar-refractivity contribution in [2.45, 2.75) is 26.2 Å². The number of nitrogens with one attached hydrogen (secondary N) is 1. The molecule has 4 heteroatoms. The highest BCUT2D eigenvalue weighted by molar-refractivity contribution is 14.1. The second-order valence-corrected chi connectivity index (χ2v) is 5.60. The first kappa shape index (κ1) is 15.4. The molecule has 100 valence electrons. The average molecular weight is 360 g/mol. The molecule has 1 N–H and O–H groups in total. The maximum atomic E-state index is 11.8. The topological polar surface area (TPSA) is 32.3 Å². The van der Waals surface area contributed by atoms with Crippen molar-refractivity contribution in [3.8, 4) is 0 Å². The molecule has 1 aromatic rings. The highest BCUT2D eigenvalue weighted by atomic mass is 127. The van der Waals surface area contributed by atoms with Gasteiger partial charge in [-0.3, -0.25) is 4.79 Å². The predicted octanol–water partition coefficient (Wildman–Crippen LogP) is 3.35. The molecule has 3 nitrogen and oxygen atoms in total. The van der Waals surface area contributed by atoms with Gasteiger partial charge in [0.25, 0.3) is 0 Å². The van der Waals surface area contributed by atoms with Gasteiger partial charge in [0.2, 0.25) is 5.91 Å². The quantitative estimate of drug-likeness (QED) is 0.757. The molecule has 0 heterocycles. The summed E-state index contributed by atoms with van der Waals surface area (Å²) >= 11 is 2.23. The summed E-state index contributed by atoms with van der Waals surface area (Å²) in [6, 6.07) is 7.82. The Morgan fingerprint density at radius 1 is 1.33 bits per heavy atom. The van der Waals surface area contributed by atoms with Gasteiger partial charge < -0.3 is 10.2 Å². The zero-order chi connectivity index (χ0) is 13.4. The summed E-state index contributed by atoms with van der Waals surface area (Å²) in [6.45, 7) is 4.06. The monoisotopic (exact) mass is 360 g/mol.